The van der Waals surface area contributed by atoms with Gasteiger partial charge in [-0.25, -0.2) is 0 Å². The molecule has 0 amide bonds. The van der Waals surface area contributed by atoms with Gasteiger partial charge in [-0.3, -0.25) is 0 Å². The minimum atomic E-state index is 0.201. The topological polar surface area (TPSA) is 0 Å². The summed E-state index contributed by atoms with van der Waals surface area (Å²) in [6.45, 7) is 10.3. The van der Waals surface area contributed by atoms with Crippen LogP contribution in [0.2, 0.25) is 0 Å². The first-order chi connectivity index (χ1) is 5.93. The van der Waals surface area contributed by atoms with Crippen molar-refractivity contribution >= 4 is 22.6 Å². The molecule has 0 saturated heterocycles. The van der Waals surface area contributed by atoms with E-state index in [2.05, 4.69) is 74.2 Å². The number of rotatable bonds is 1. The summed E-state index contributed by atoms with van der Waals surface area (Å²) >= 11 is 2.33. The largest absolute Gasteiger partial charge is 0.0906 e. The van der Waals surface area contributed by atoms with Gasteiger partial charge in [0.15, 0.2) is 0 Å². The number of hydrogen-bond donors (Lipinski definition) is 0. The number of halogens is 1. The first-order valence-corrected chi connectivity index (χ1v) is 5.35. The van der Waals surface area contributed by atoms with E-state index in [1.165, 1.54) is 9.13 Å². The lowest BCUT2D eigenvalue weighted by atomic mass is 9.86. The summed E-state index contributed by atoms with van der Waals surface area (Å²) < 4.78 is 1.25. The maximum absolute atomic E-state index is 3.67. The van der Waals surface area contributed by atoms with Crippen molar-refractivity contribution in [1.29, 1.82) is 0 Å². The minimum absolute atomic E-state index is 0.201. The van der Waals surface area contributed by atoms with Crippen molar-refractivity contribution in [3.05, 3.63) is 45.6 Å². The minimum Gasteiger partial charge on any atom is -0.0906 e. The summed E-state index contributed by atoms with van der Waals surface area (Å²) in [5.74, 6) is 0. The lowest BCUT2D eigenvalue weighted by Crippen LogP contribution is -2.11. The molecule has 0 fully saturated rings. The number of benzene rings is 1. The quantitative estimate of drug-likeness (QED) is 0.686. The fraction of sp³-hybridized carbons (Fsp3) is 0.333. The highest BCUT2D eigenvalue weighted by molar-refractivity contribution is 14.1. The van der Waals surface area contributed by atoms with E-state index < -0.39 is 0 Å². The normalized spacial score (nSPS) is 11.4. The lowest BCUT2D eigenvalue weighted by Gasteiger charge is -2.19. The van der Waals surface area contributed by atoms with Gasteiger partial charge in [-0.2, -0.15) is 0 Å². The van der Waals surface area contributed by atoms with Crippen LogP contribution in [0.15, 0.2) is 24.8 Å². The van der Waals surface area contributed by atoms with Crippen LogP contribution >= 0.6 is 22.6 Å². The van der Waals surface area contributed by atoms with E-state index in [-0.39, 0.29) is 5.41 Å². The third kappa shape index (κ3) is 2.83. The van der Waals surface area contributed by atoms with Crippen molar-refractivity contribution < 1.29 is 0 Å². The Balaban J connectivity index is 3.24. The Labute approximate surface area is 94.2 Å². The highest BCUT2D eigenvalue weighted by Crippen LogP contribution is 2.25. The van der Waals surface area contributed by atoms with Crippen LogP contribution in [0.3, 0.4) is 0 Å². The highest BCUT2D eigenvalue weighted by Gasteiger charge is 2.14. The van der Waals surface area contributed by atoms with Crippen LogP contribution in [-0.4, -0.2) is 0 Å². The van der Waals surface area contributed by atoms with E-state index in [0.29, 0.717) is 0 Å². The van der Waals surface area contributed by atoms with Crippen LogP contribution in [0.4, 0.5) is 0 Å². The Morgan fingerprint density at radius 3 is 2.31 bits per heavy atom. The fourth-order valence-electron chi connectivity index (χ4n) is 1.12. The molecule has 0 unspecified atom stereocenters. The van der Waals surface area contributed by atoms with E-state index in [4.69, 9.17) is 0 Å². The molecule has 0 bridgehead atoms. The second-order valence-corrected chi connectivity index (χ2v) is 5.40. The smallest absolute Gasteiger partial charge is 0.0139 e. The van der Waals surface area contributed by atoms with Crippen molar-refractivity contribution in [2.45, 2.75) is 26.2 Å². The Hall–Kier alpha value is -0.310. The second-order valence-electron chi connectivity index (χ2n) is 4.16. The lowest BCUT2D eigenvalue weighted by molar-refractivity contribution is 0.589. The summed E-state index contributed by atoms with van der Waals surface area (Å²) in [7, 11) is 0. The monoisotopic (exact) mass is 285 g/mol. The van der Waals surface area contributed by atoms with E-state index in [1.807, 2.05) is 0 Å². The summed E-state index contributed by atoms with van der Waals surface area (Å²) in [4.78, 5) is 0. The molecule has 0 aliphatic heterocycles. The molecule has 1 rings (SSSR count). The molecule has 0 N–H and O–H groups in total. The molecule has 1 heteroatoms. The molecule has 0 aliphatic carbocycles. The average molecular weight is 285 g/mol. The first kappa shape index (κ1) is 10.8. The number of hydrogen-bond acceptors (Lipinski definition) is 0. The standard InChI is InChI=1S/C12H14I/c1-5-9-6-10(12(2,3)4)8-11(13)7-9/h6-8H,1H2,2-4H3. The van der Waals surface area contributed by atoms with Crippen LogP contribution in [0.1, 0.15) is 31.9 Å². The van der Waals surface area contributed by atoms with Crippen LogP contribution < -0.4 is 0 Å². The maximum Gasteiger partial charge on any atom is 0.0139 e. The van der Waals surface area contributed by atoms with Crippen molar-refractivity contribution in [3.63, 3.8) is 0 Å². The fourth-order valence-corrected chi connectivity index (χ4v) is 1.80. The van der Waals surface area contributed by atoms with E-state index >= 15 is 0 Å². The molecule has 0 aliphatic rings. The molecule has 0 heterocycles. The van der Waals surface area contributed by atoms with Gasteiger partial charge in [0.05, 0.1) is 0 Å². The zero-order chi connectivity index (χ0) is 10.1. The van der Waals surface area contributed by atoms with Crippen LogP contribution in [-0.2, 0) is 5.41 Å². The highest BCUT2D eigenvalue weighted by atomic mass is 127. The summed E-state index contributed by atoms with van der Waals surface area (Å²) in [6.07, 6.45) is 2.93. The first-order valence-electron chi connectivity index (χ1n) is 4.27. The molecule has 1 aromatic rings. The predicted molar refractivity (Wildman–Crippen MR) is 65.8 cm³/mol. The average Bonchev–Trinajstić information content (AvgIpc) is 2.01. The Kier molecular flexibility index (Phi) is 3.17. The molecular weight excluding hydrogens is 271 g/mol. The van der Waals surface area contributed by atoms with Gasteiger partial charge >= 0.3 is 0 Å². The Morgan fingerprint density at radius 1 is 1.23 bits per heavy atom. The molecular formula is C12H14I. The molecule has 1 aromatic carbocycles. The van der Waals surface area contributed by atoms with E-state index in [9.17, 15) is 0 Å². The van der Waals surface area contributed by atoms with Gasteiger partial charge in [0.25, 0.3) is 0 Å². The maximum atomic E-state index is 3.67. The van der Waals surface area contributed by atoms with E-state index in [1.54, 1.807) is 0 Å². The van der Waals surface area contributed by atoms with Crippen molar-refractivity contribution in [3.8, 4) is 0 Å². The van der Waals surface area contributed by atoms with Crippen molar-refractivity contribution in [2.75, 3.05) is 0 Å². The molecule has 0 aromatic heterocycles. The Morgan fingerprint density at radius 2 is 1.85 bits per heavy atom. The molecule has 1 radical (unpaired) electrons. The SMILES string of the molecule is C=[C]c1cc(I)cc(C(C)(C)C)c1. The second kappa shape index (κ2) is 3.82. The van der Waals surface area contributed by atoms with Gasteiger partial charge in [-0.15, -0.1) is 0 Å². The van der Waals surface area contributed by atoms with Crippen molar-refractivity contribution in [1.82, 2.24) is 0 Å². The van der Waals surface area contributed by atoms with E-state index in [0.717, 1.165) is 5.56 Å². The zero-order valence-electron chi connectivity index (χ0n) is 8.32. The van der Waals surface area contributed by atoms with Crippen molar-refractivity contribution in [2.24, 2.45) is 0 Å². The predicted octanol–water partition coefficient (Wildman–Crippen LogP) is 3.93. The summed E-state index contributed by atoms with van der Waals surface area (Å²) in [5.41, 5.74) is 2.62. The van der Waals surface area contributed by atoms with Gasteiger partial charge < -0.3 is 0 Å². The van der Waals surface area contributed by atoms with Gasteiger partial charge in [-0.1, -0.05) is 33.4 Å². The zero-order valence-corrected chi connectivity index (χ0v) is 10.5. The molecule has 0 spiro atoms. The molecule has 0 saturated carbocycles. The third-order valence-electron chi connectivity index (χ3n) is 1.97. The summed E-state index contributed by atoms with van der Waals surface area (Å²) in [5, 5.41) is 0. The van der Waals surface area contributed by atoms with Crippen LogP contribution in [0, 0.1) is 9.65 Å². The van der Waals surface area contributed by atoms with Crippen LogP contribution in [0.25, 0.3) is 0 Å². The molecule has 0 atom stereocenters. The van der Waals surface area contributed by atoms with Gasteiger partial charge in [-0.05, 0) is 57.3 Å². The third-order valence-corrected chi connectivity index (χ3v) is 2.59. The molecule has 0 nitrogen and oxygen atoms in total. The van der Waals surface area contributed by atoms with Gasteiger partial charge in [0.1, 0.15) is 0 Å². The van der Waals surface area contributed by atoms with Gasteiger partial charge in [0.2, 0.25) is 0 Å². The van der Waals surface area contributed by atoms with Crippen LogP contribution in [0.5, 0.6) is 0 Å². The van der Waals surface area contributed by atoms with Gasteiger partial charge in [0, 0.05) is 3.57 Å². The summed E-state index contributed by atoms with van der Waals surface area (Å²) in [6, 6.07) is 6.44. The Bertz CT molecular complexity index is 318. The molecule has 69 valence electrons. The molecule has 13 heavy (non-hydrogen) atoms.